The molecule has 1 heterocycles. The number of hydrogen-bond donors (Lipinski definition) is 1. The van der Waals surface area contributed by atoms with Gasteiger partial charge in [-0.3, -0.25) is 4.79 Å². The molecular weight excluding hydrogens is 412 g/mol. The Labute approximate surface area is 189 Å². The lowest BCUT2D eigenvalue weighted by Gasteiger charge is -2.43. The fourth-order valence-electron chi connectivity index (χ4n) is 4.58. The summed E-state index contributed by atoms with van der Waals surface area (Å²) >= 11 is 6.11. The van der Waals surface area contributed by atoms with Crippen molar-refractivity contribution >= 4 is 17.6 Å². The molecule has 166 valence electrons. The van der Waals surface area contributed by atoms with Gasteiger partial charge in [-0.2, -0.15) is 0 Å². The number of methoxy groups -OCH3 is 1. The summed E-state index contributed by atoms with van der Waals surface area (Å²) in [6.45, 7) is 8.46. The molecule has 0 saturated carbocycles. The van der Waals surface area contributed by atoms with Gasteiger partial charge in [0, 0.05) is 22.4 Å². The molecule has 0 aromatic heterocycles. The van der Waals surface area contributed by atoms with Gasteiger partial charge in [0.15, 0.2) is 0 Å². The molecule has 1 aliphatic heterocycles. The van der Waals surface area contributed by atoms with Gasteiger partial charge in [0.05, 0.1) is 25.7 Å². The topological polar surface area (TPSA) is 55.8 Å². The monoisotopic (exact) mass is 442 g/mol. The van der Waals surface area contributed by atoms with E-state index in [2.05, 4.69) is 25.6 Å². The summed E-state index contributed by atoms with van der Waals surface area (Å²) in [5.74, 6) is 0.181. The summed E-state index contributed by atoms with van der Waals surface area (Å²) in [5.41, 5.74) is 3.90. The number of aliphatic carboxylic acids is 1. The van der Waals surface area contributed by atoms with E-state index in [-0.39, 0.29) is 30.5 Å². The molecule has 0 spiro atoms. The van der Waals surface area contributed by atoms with Gasteiger partial charge < -0.3 is 14.6 Å². The highest BCUT2D eigenvalue weighted by Gasteiger charge is 2.40. The second kappa shape index (κ2) is 10.3. The van der Waals surface area contributed by atoms with Crippen molar-refractivity contribution in [1.29, 1.82) is 0 Å². The Morgan fingerprint density at radius 1 is 1.26 bits per heavy atom. The normalized spacial score (nSPS) is 23.4. The first-order chi connectivity index (χ1) is 14.8. The van der Waals surface area contributed by atoms with Crippen molar-refractivity contribution in [3.05, 3.63) is 76.3 Å². The molecular formula is C26H31ClO4. The average Bonchev–Trinajstić information content (AvgIpc) is 2.74. The van der Waals surface area contributed by atoms with Crippen LogP contribution in [-0.4, -0.2) is 24.3 Å². The average molecular weight is 443 g/mol. The predicted octanol–water partition coefficient (Wildman–Crippen LogP) is 6.58. The number of carbonyl (C=O) groups is 1. The smallest absolute Gasteiger partial charge is 0.307 e. The second-order valence-corrected chi connectivity index (χ2v) is 8.81. The maximum Gasteiger partial charge on any atom is 0.307 e. The van der Waals surface area contributed by atoms with Gasteiger partial charge in [-0.15, -0.1) is 0 Å². The number of ether oxygens (including phenoxy) is 2. The highest BCUT2D eigenvalue weighted by atomic mass is 35.5. The fourth-order valence-corrected chi connectivity index (χ4v) is 4.71. The molecule has 5 heteroatoms. The molecule has 0 amide bonds. The lowest BCUT2D eigenvalue weighted by molar-refractivity contribution is -0.136. The zero-order valence-corrected chi connectivity index (χ0v) is 19.2. The van der Waals surface area contributed by atoms with E-state index in [9.17, 15) is 9.90 Å². The first-order valence-corrected chi connectivity index (χ1v) is 11.2. The quantitative estimate of drug-likeness (QED) is 0.469. The summed E-state index contributed by atoms with van der Waals surface area (Å²) in [4.78, 5) is 11.3. The van der Waals surface area contributed by atoms with Crippen LogP contribution in [0.2, 0.25) is 5.02 Å². The first kappa shape index (κ1) is 23.4. The van der Waals surface area contributed by atoms with Crippen LogP contribution in [0.1, 0.15) is 61.8 Å². The van der Waals surface area contributed by atoms with Crippen molar-refractivity contribution in [3.8, 4) is 5.75 Å². The van der Waals surface area contributed by atoms with E-state index in [0.29, 0.717) is 5.75 Å². The van der Waals surface area contributed by atoms with Gasteiger partial charge in [0.25, 0.3) is 0 Å². The van der Waals surface area contributed by atoms with Crippen molar-refractivity contribution in [3.63, 3.8) is 0 Å². The summed E-state index contributed by atoms with van der Waals surface area (Å²) in [6, 6.07) is 13.6. The fraction of sp³-hybridized carbons (Fsp3) is 0.423. The standard InChI is InChI=1S/C26H31ClO4/c1-5-6-24-21(18-8-10-19(27)11-9-18)15-20(16(2)3)26(31-24)22-13-17(14-25(28)29)7-12-23(22)30-4/h7-13,20-21,24,26H,2,5-6,14-15H2,1,3-4H3,(H,28,29)/t20-,21-,24+,26+/m1/s1. The molecule has 0 unspecified atom stereocenters. The van der Waals surface area contributed by atoms with Gasteiger partial charge in [0.1, 0.15) is 5.75 Å². The van der Waals surface area contributed by atoms with Gasteiger partial charge in [-0.25, -0.2) is 0 Å². The van der Waals surface area contributed by atoms with Crippen LogP contribution in [-0.2, 0) is 16.0 Å². The maximum absolute atomic E-state index is 11.3. The van der Waals surface area contributed by atoms with Crippen LogP contribution in [0.4, 0.5) is 0 Å². The Kier molecular flexibility index (Phi) is 7.79. The number of halogens is 1. The molecule has 2 aromatic rings. The van der Waals surface area contributed by atoms with Crippen LogP contribution in [0.25, 0.3) is 0 Å². The Hall–Kier alpha value is -2.30. The van der Waals surface area contributed by atoms with Crippen LogP contribution >= 0.6 is 11.6 Å². The van der Waals surface area contributed by atoms with Crippen molar-refractivity contribution in [2.24, 2.45) is 5.92 Å². The van der Waals surface area contributed by atoms with Crippen LogP contribution in [0.15, 0.2) is 54.6 Å². The van der Waals surface area contributed by atoms with Crippen molar-refractivity contribution in [2.45, 2.75) is 57.7 Å². The van der Waals surface area contributed by atoms with E-state index >= 15 is 0 Å². The third-order valence-electron chi connectivity index (χ3n) is 6.10. The van der Waals surface area contributed by atoms with E-state index in [1.165, 1.54) is 5.56 Å². The maximum atomic E-state index is 11.3. The molecule has 0 radical (unpaired) electrons. The van der Waals surface area contributed by atoms with E-state index in [1.54, 1.807) is 13.2 Å². The summed E-state index contributed by atoms with van der Waals surface area (Å²) in [6.07, 6.45) is 2.62. The van der Waals surface area contributed by atoms with E-state index in [0.717, 1.165) is 41.0 Å². The third kappa shape index (κ3) is 5.50. The largest absolute Gasteiger partial charge is 0.496 e. The highest BCUT2D eigenvalue weighted by molar-refractivity contribution is 6.30. The van der Waals surface area contributed by atoms with Crippen LogP contribution in [0, 0.1) is 5.92 Å². The van der Waals surface area contributed by atoms with Crippen molar-refractivity contribution < 1.29 is 19.4 Å². The summed E-state index contributed by atoms with van der Waals surface area (Å²) in [7, 11) is 1.63. The van der Waals surface area contributed by atoms with Gasteiger partial charge >= 0.3 is 5.97 Å². The van der Waals surface area contributed by atoms with Gasteiger partial charge in [-0.1, -0.05) is 55.3 Å². The van der Waals surface area contributed by atoms with E-state index in [4.69, 9.17) is 21.1 Å². The van der Waals surface area contributed by atoms with Crippen LogP contribution < -0.4 is 4.74 Å². The van der Waals surface area contributed by atoms with Crippen LogP contribution in [0.3, 0.4) is 0 Å². The van der Waals surface area contributed by atoms with Crippen LogP contribution in [0.5, 0.6) is 5.75 Å². The summed E-state index contributed by atoms with van der Waals surface area (Å²) < 4.78 is 12.4. The Morgan fingerprint density at radius 3 is 2.55 bits per heavy atom. The van der Waals surface area contributed by atoms with E-state index in [1.807, 2.05) is 31.2 Å². The molecule has 2 aromatic carbocycles. The molecule has 1 saturated heterocycles. The minimum absolute atomic E-state index is 0.0345. The Balaban J connectivity index is 2.01. The zero-order chi connectivity index (χ0) is 22.5. The number of rotatable bonds is 8. The molecule has 1 N–H and O–H groups in total. The van der Waals surface area contributed by atoms with Crippen molar-refractivity contribution in [2.75, 3.05) is 7.11 Å². The molecule has 31 heavy (non-hydrogen) atoms. The van der Waals surface area contributed by atoms with Crippen molar-refractivity contribution in [1.82, 2.24) is 0 Å². The van der Waals surface area contributed by atoms with Gasteiger partial charge in [-0.05, 0) is 55.2 Å². The number of benzene rings is 2. The van der Waals surface area contributed by atoms with E-state index < -0.39 is 5.97 Å². The molecule has 1 fully saturated rings. The van der Waals surface area contributed by atoms with Gasteiger partial charge in [0.2, 0.25) is 0 Å². The minimum Gasteiger partial charge on any atom is -0.496 e. The Bertz CT molecular complexity index is 922. The number of hydrogen-bond acceptors (Lipinski definition) is 3. The first-order valence-electron chi connectivity index (χ1n) is 10.8. The number of carboxylic acid groups (broad SMARTS) is 1. The zero-order valence-electron chi connectivity index (χ0n) is 18.4. The molecule has 0 bridgehead atoms. The Morgan fingerprint density at radius 2 is 1.97 bits per heavy atom. The lowest BCUT2D eigenvalue weighted by Crippen LogP contribution is -2.36. The molecule has 4 atom stereocenters. The highest BCUT2D eigenvalue weighted by Crippen LogP contribution is 2.49. The molecule has 4 nitrogen and oxygen atoms in total. The second-order valence-electron chi connectivity index (χ2n) is 8.38. The minimum atomic E-state index is -0.858. The number of carboxylic acids is 1. The lowest BCUT2D eigenvalue weighted by atomic mass is 9.74. The molecule has 0 aliphatic carbocycles. The summed E-state index contributed by atoms with van der Waals surface area (Å²) in [5, 5.41) is 9.97. The molecule has 1 aliphatic rings. The molecule has 3 rings (SSSR count). The SMILES string of the molecule is C=C(C)[C@H]1C[C@H](c2ccc(Cl)cc2)[C@H](CCC)O[C@@H]1c1cc(CC(=O)O)ccc1OC. The predicted molar refractivity (Wildman–Crippen MR) is 124 cm³/mol. The third-order valence-corrected chi connectivity index (χ3v) is 6.36.